The van der Waals surface area contributed by atoms with Crippen LogP contribution in [0.15, 0.2) is 24.5 Å². The van der Waals surface area contributed by atoms with Gasteiger partial charge in [0.2, 0.25) is 5.91 Å². The van der Waals surface area contributed by atoms with E-state index in [1.54, 1.807) is 12.4 Å². The Bertz CT molecular complexity index is 327. The lowest BCUT2D eigenvalue weighted by molar-refractivity contribution is -0.121. The molecule has 1 heterocycles. The van der Waals surface area contributed by atoms with E-state index in [9.17, 15) is 4.79 Å². The van der Waals surface area contributed by atoms with Crippen LogP contribution in [-0.4, -0.2) is 28.6 Å². The molecule has 0 saturated carbocycles. The van der Waals surface area contributed by atoms with Crippen LogP contribution in [0.3, 0.4) is 0 Å². The highest BCUT2D eigenvalue weighted by molar-refractivity contribution is 5.78. The number of carbonyl (C=O) groups excluding carboxylic acids is 1. The number of rotatable bonds is 5. The number of aliphatic hydroxyl groups is 1. The van der Waals surface area contributed by atoms with Crippen LogP contribution >= 0.6 is 0 Å². The fraction of sp³-hybridized carbons (Fsp3) is 0.500. The van der Waals surface area contributed by atoms with E-state index in [0.29, 0.717) is 6.42 Å². The first-order valence-corrected chi connectivity index (χ1v) is 5.42. The maximum atomic E-state index is 11.6. The van der Waals surface area contributed by atoms with Crippen molar-refractivity contribution in [2.24, 2.45) is 5.92 Å². The van der Waals surface area contributed by atoms with Gasteiger partial charge in [-0.25, -0.2) is 0 Å². The van der Waals surface area contributed by atoms with E-state index in [1.807, 2.05) is 26.0 Å². The molecule has 1 amide bonds. The number of carbonyl (C=O) groups is 1. The molecule has 0 spiro atoms. The minimum Gasteiger partial charge on any atom is -0.396 e. The number of aromatic nitrogens is 1. The maximum absolute atomic E-state index is 11.6. The number of amides is 1. The van der Waals surface area contributed by atoms with Crippen molar-refractivity contribution in [1.82, 2.24) is 10.3 Å². The summed E-state index contributed by atoms with van der Waals surface area (Å²) in [5, 5.41) is 11.8. The van der Waals surface area contributed by atoms with Crippen LogP contribution < -0.4 is 5.32 Å². The second-order valence-corrected chi connectivity index (χ2v) is 4.05. The van der Waals surface area contributed by atoms with Gasteiger partial charge in [0.1, 0.15) is 0 Å². The standard InChI is InChI=1S/C12H18N2O2/c1-9(8-15)10(2)14-12(16)7-11-3-5-13-6-4-11/h3-6,9-10,15H,7-8H2,1-2H3,(H,14,16). The van der Waals surface area contributed by atoms with Crippen LogP contribution in [0.5, 0.6) is 0 Å². The Labute approximate surface area is 95.7 Å². The van der Waals surface area contributed by atoms with Crippen LogP contribution in [0.25, 0.3) is 0 Å². The normalized spacial score (nSPS) is 14.2. The van der Waals surface area contributed by atoms with Gasteiger partial charge < -0.3 is 10.4 Å². The number of aliphatic hydroxyl groups excluding tert-OH is 1. The van der Waals surface area contributed by atoms with Crippen LogP contribution in [-0.2, 0) is 11.2 Å². The van der Waals surface area contributed by atoms with Crippen molar-refractivity contribution < 1.29 is 9.90 Å². The fourth-order valence-corrected chi connectivity index (χ4v) is 1.29. The highest BCUT2D eigenvalue weighted by Crippen LogP contribution is 2.02. The van der Waals surface area contributed by atoms with E-state index in [2.05, 4.69) is 10.3 Å². The molecule has 0 bridgehead atoms. The Hall–Kier alpha value is -1.42. The van der Waals surface area contributed by atoms with Gasteiger partial charge in [-0.05, 0) is 30.5 Å². The summed E-state index contributed by atoms with van der Waals surface area (Å²) in [6.45, 7) is 3.87. The smallest absolute Gasteiger partial charge is 0.224 e. The first-order chi connectivity index (χ1) is 7.63. The lowest BCUT2D eigenvalue weighted by Gasteiger charge is -2.19. The molecule has 0 fully saturated rings. The molecule has 0 radical (unpaired) electrons. The number of nitrogens with zero attached hydrogens (tertiary/aromatic N) is 1. The van der Waals surface area contributed by atoms with Crippen molar-refractivity contribution in [3.63, 3.8) is 0 Å². The van der Waals surface area contributed by atoms with Gasteiger partial charge in [0.15, 0.2) is 0 Å². The van der Waals surface area contributed by atoms with E-state index in [4.69, 9.17) is 5.11 Å². The van der Waals surface area contributed by atoms with Gasteiger partial charge in [0.05, 0.1) is 6.42 Å². The molecule has 88 valence electrons. The highest BCUT2D eigenvalue weighted by atomic mass is 16.3. The molecular formula is C12H18N2O2. The van der Waals surface area contributed by atoms with Crippen LogP contribution in [0, 0.1) is 5.92 Å². The fourth-order valence-electron chi connectivity index (χ4n) is 1.29. The van der Waals surface area contributed by atoms with E-state index in [-0.39, 0.29) is 24.5 Å². The topological polar surface area (TPSA) is 62.2 Å². The van der Waals surface area contributed by atoms with E-state index in [1.165, 1.54) is 0 Å². The molecule has 4 heteroatoms. The van der Waals surface area contributed by atoms with Crippen LogP contribution in [0.4, 0.5) is 0 Å². The first kappa shape index (κ1) is 12.6. The van der Waals surface area contributed by atoms with Crippen molar-refractivity contribution in [2.45, 2.75) is 26.3 Å². The molecule has 2 N–H and O–H groups in total. The molecule has 1 rings (SSSR count). The van der Waals surface area contributed by atoms with E-state index in [0.717, 1.165) is 5.56 Å². The Kier molecular flexibility index (Phi) is 4.92. The summed E-state index contributed by atoms with van der Waals surface area (Å²) >= 11 is 0. The monoisotopic (exact) mass is 222 g/mol. The van der Waals surface area contributed by atoms with Crippen LogP contribution in [0.1, 0.15) is 19.4 Å². The Morgan fingerprint density at radius 3 is 2.62 bits per heavy atom. The average Bonchev–Trinajstić information content (AvgIpc) is 2.29. The summed E-state index contributed by atoms with van der Waals surface area (Å²) in [6.07, 6.45) is 3.69. The molecule has 0 aliphatic heterocycles. The van der Waals surface area contributed by atoms with Crippen molar-refractivity contribution in [3.8, 4) is 0 Å². The summed E-state index contributed by atoms with van der Waals surface area (Å²) in [6, 6.07) is 3.62. The molecule has 0 aliphatic rings. The van der Waals surface area contributed by atoms with Crippen LogP contribution in [0.2, 0.25) is 0 Å². The zero-order valence-electron chi connectivity index (χ0n) is 9.68. The van der Waals surface area contributed by atoms with E-state index >= 15 is 0 Å². The summed E-state index contributed by atoms with van der Waals surface area (Å²) in [5.74, 6) is 0.0420. The summed E-state index contributed by atoms with van der Waals surface area (Å²) in [5.41, 5.74) is 0.941. The SMILES string of the molecule is CC(CO)C(C)NC(=O)Cc1ccncc1. The lowest BCUT2D eigenvalue weighted by Crippen LogP contribution is -2.39. The molecule has 4 nitrogen and oxygen atoms in total. The van der Waals surface area contributed by atoms with Gasteiger partial charge >= 0.3 is 0 Å². The minimum absolute atomic E-state index is 0.0145. The van der Waals surface area contributed by atoms with Gasteiger partial charge in [-0.15, -0.1) is 0 Å². The summed E-state index contributed by atoms with van der Waals surface area (Å²) in [4.78, 5) is 15.5. The number of hydrogen-bond donors (Lipinski definition) is 2. The third kappa shape index (κ3) is 3.98. The van der Waals surface area contributed by atoms with Crippen molar-refractivity contribution in [1.29, 1.82) is 0 Å². The maximum Gasteiger partial charge on any atom is 0.224 e. The third-order valence-corrected chi connectivity index (χ3v) is 2.64. The second-order valence-electron chi connectivity index (χ2n) is 4.05. The Balaban J connectivity index is 2.42. The summed E-state index contributed by atoms with van der Waals surface area (Å²) < 4.78 is 0. The molecule has 2 unspecified atom stereocenters. The molecular weight excluding hydrogens is 204 g/mol. The van der Waals surface area contributed by atoms with Gasteiger partial charge in [0.25, 0.3) is 0 Å². The minimum atomic E-state index is -0.0287. The lowest BCUT2D eigenvalue weighted by atomic mass is 10.0. The average molecular weight is 222 g/mol. The predicted molar refractivity (Wildman–Crippen MR) is 61.8 cm³/mol. The second kappa shape index (κ2) is 6.23. The van der Waals surface area contributed by atoms with Gasteiger partial charge in [-0.2, -0.15) is 0 Å². The Morgan fingerprint density at radius 2 is 2.06 bits per heavy atom. The molecule has 1 aromatic rings. The van der Waals surface area contributed by atoms with Gasteiger partial charge in [-0.1, -0.05) is 6.92 Å². The molecule has 0 saturated heterocycles. The van der Waals surface area contributed by atoms with Crippen molar-refractivity contribution in [3.05, 3.63) is 30.1 Å². The molecule has 16 heavy (non-hydrogen) atoms. The van der Waals surface area contributed by atoms with Crippen molar-refractivity contribution in [2.75, 3.05) is 6.61 Å². The molecule has 0 aromatic carbocycles. The highest BCUT2D eigenvalue weighted by Gasteiger charge is 2.13. The van der Waals surface area contributed by atoms with Crippen molar-refractivity contribution >= 4 is 5.91 Å². The quantitative estimate of drug-likeness (QED) is 0.773. The largest absolute Gasteiger partial charge is 0.396 e. The first-order valence-electron chi connectivity index (χ1n) is 5.42. The summed E-state index contributed by atoms with van der Waals surface area (Å²) in [7, 11) is 0. The van der Waals surface area contributed by atoms with E-state index < -0.39 is 0 Å². The third-order valence-electron chi connectivity index (χ3n) is 2.64. The molecule has 2 atom stereocenters. The molecule has 0 aliphatic carbocycles. The molecule has 1 aromatic heterocycles. The number of nitrogens with one attached hydrogen (secondary N) is 1. The number of hydrogen-bond acceptors (Lipinski definition) is 3. The zero-order valence-corrected chi connectivity index (χ0v) is 9.68. The van der Waals surface area contributed by atoms with Gasteiger partial charge in [-0.3, -0.25) is 9.78 Å². The number of pyridine rings is 1. The Morgan fingerprint density at radius 1 is 1.44 bits per heavy atom. The zero-order chi connectivity index (χ0) is 12.0. The van der Waals surface area contributed by atoms with Gasteiger partial charge in [0, 0.05) is 25.0 Å². The predicted octanol–water partition coefficient (Wildman–Crippen LogP) is 0.757.